The van der Waals surface area contributed by atoms with Crippen LogP contribution in [0.2, 0.25) is 0 Å². The molecule has 1 aromatic carbocycles. The summed E-state index contributed by atoms with van der Waals surface area (Å²) < 4.78 is 13.1. The third-order valence-electron chi connectivity index (χ3n) is 4.11. The second-order valence-electron chi connectivity index (χ2n) is 6.00. The van der Waals surface area contributed by atoms with E-state index >= 15 is 0 Å². The van der Waals surface area contributed by atoms with Gasteiger partial charge in [0.1, 0.15) is 11.5 Å². The highest BCUT2D eigenvalue weighted by Gasteiger charge is 2.17. The number of aromatic nitrogens is 1. The van der Waals surface area contributed by atoms with Crippen molar-refractivity contribution in [3.63, 3.8) is 0 Å². The molecule has 0 bridgehead atoms. The Hall–Kier alpha value is -2.67. The highest BCUT2D eigenvalue weighted by atomic mass is 19.1. The molecule has 24 heavy (non-hydrogen) atoms. The first-order chi connectivity index (χ1) is 11.7. The van der Waals surface area contributed by atoms with Crippen LogP contribution in [-0.2, 0) is 0 Å². The zero-order valence-electron chi connectivity index (χ0n) is 13.4. The molecule has 1 aliphatic rings. The average molecular weight is 322 g/mol. The second-order valence-corrected chi connectivity index (χ2v) is 6.00. The lowest BCUT2D eigenvalue weighted by Gasteiger charge is -2.22. The van der Waals surface area contributed by atoms with Gasteiger partial charge in [0.05, 0.1) is 0 Å². The molecular formula is C20H19FN2O. The summed E-state index contributed by atoms with van der Waals surface area (Å²) >= 11 is 0. The minimum atomic E-state index is -0.311. The van der Waals surface area contributed by atoms with Crippen LogP contribution in [0.1, 0.15) is 53.7 Å². The highest BCUT2D eigenvalue weighted by Crippen LogP contribution is 2.17. The molecule has 1 heterocycles. The van der Waals surface area contributed by atoms with Crippen molar-refractivity contribution in [2.75, 3.05) is 0 Å². The summed E-state index contributed by atoms with van der Waals surface area (Å²) in [6, 6.07) is 9.83. The Morgan fingerprint density at radius 1 is 1.08 bits per heavy atom. The Balaban J connectivity index is 1.64. The number of pyridine rings is 1. The number of carbonyl (C=O) groups excluding carboxylic acids is 1. The van der Waals surface area contributed by atoms with Gasteiger partial charge in [-0.2, -0.15) is 0 Å². The van der Waals surface area contributed by atoms with Gasteiger partial charge in [-0.1, -0.05) is 37.2 Å². The molecule has 1 aromatic heterocycles. The number of hydrogen-bond acceptors (Lipinski definition) is 2. The fourth-order valence-electron chi connectivity index (χ4n) is 2.82. The van der Waals surface area contributed by atoms with Crippen LogP contribution in [0.25, 0.3) is 0 Å². The predicted molar refractivity (Wildman–Crippen MR) is 91.0 cm³/mol. The van der Waals surface area contributed by atoms with Crippen molar-refractivity contribution in [2.45, 2.75) is 38.1 Å². The summed E-state index contributed by atoms with van der Waals surface area (Å²) in [7, 11) is 0. The Kier molecular flexibility index (Phi) is 5.22. The summed E-state index contributed by atoms with van der Waals surface area (Å²) in [6.45, 7) is 0. The molecule has 0 saturated heterocycles. The van der Waals surface area contributed by atoms with E-state index < -0.39 is 0 Å². The number of benzene rings is 1. The van der Waals surface area contributed by atoms with Gasteiger partial charge in [-0.25, -0.2) is 9.37 Å². The predicted octanol–water partition coefficient (Wildman–Crippen LogP) is 3.68. The molecular weight excluding hydrogens is 303 g/mol. The third-order valence-corrected chi connectivity index (χ3v) is 4.11. The molecule has 0 atom stereocenters. The lowest BCUT2D eigenvalue weighted by Crippen LogP contribution is -2.36. The second kappa shape index (κ2) is 7.74. The molecule has 1 saturated carbocycles. The Morgan fingerprint density at radius 3 is 2.58 bits per heavy atom. The molecule has 1 amide bonds. The van der Waals surface area contributed by atoms with Crippen molar-refractivity contribution in [1.29, 1.82) is 0 Å². The van der Waals surface area contributed by atoms with Gasteiger partial charge in [0.25, 0.3) is 5.91 Å². The first kappa shape index (κ1) is 16.2. The number of hydrogen-bond donors (Lipinski definition) is 1. The zero-order chi connectivity index (χ0) is 16.8. The Labute approximate surface area is 141 Å². The van der Waals surface area contributed by atoms with Crippen molar-refractivity contribution >= 4 is 5.91 Å². The molecule has 3 nitrogen and oxygen atoms in total. The van der Waals surface area contributed by atoms with Gasteiger partial charge in [0.15, 0.2) is 0 Å². The van der Waals surface area contributed by atoms with Gasteiger partial charge in [-0.3, -0.25) is 4.79 Å². The largest absolute Gasteiger partial charge is 0.348 e. The molecule has 122 valence electrons. The molecule has 0 radical (unpaired) electrons. The summed E-state index contributed by atoms with van der Waals surface area (Å²) in [5, 5.41) is 3.04. The molecule has 1 aliphatic carbocycles. The van der Waals surface area contributed by atoms with E-state index in [1.165, 1.54) is 31.4 Å². The third kappa shape index (κ3) is 4.42. The van der Waals surface area contributed by atoms with E-state index in [0.29, 0.717) is 16.8 Å². The summed E-state index contributed by atoms with van der Waals surface area (Å²) in [5.41, 5.74) is 1.69. The van der Waals surface area contributed by atoms with E-state index in [2.05, 4.69) is 22.1 Å². The highest BCUT2D eigenvalue weighted by molar-refractivity contribution is 5.92. The molecule has 0 aliphatic heterocycles. The van der Waals surface area contributed by atoms with Crippen LogP contribution >= 0.6 is 0 Å². The lowest BCUT2D eigenvalue weighted by molar-refractivity contribution is 0.0922. The smallest absolute Gasteiger partial charge is 0.270 e. The molecule has 0 spiro atoms. The van der Waals surface area contributed by atoms with Crippen LogP contribution in [0.4, 0.5) is 4.39 Å². The van der Waals surface area contributed by atoms with Crippen molar-refractivity contribution < 1.29 is 9.18 Å². The first-order valence-corrected chi connectivity index (χ1v) is 8.25. The topological polar surface area (TPSA) is 42.0 Å². The van der Waals surface area contributed by atoms with E-state index in [-0.39, 0.29) is 17.8 Å². The summed E-state index contributed by atoms with van der Waals surface area (Å²) in [5.74, 6) is 5.37. The van der Waals surface area contributed by atoms with Crippen LogP contribution in [0.5, 0.6) is 0 Å². The van der Waals surface area contributed by atoms with Crippen molar-refractivity contribution in [1.82, 2.24) is 10.3 Å². The maximum Gasteiger partial charge on any atom is 0.270 e. The van der Waals surface area contributed by atoms with Gasteiger partial charge < -0.3 is 5.32 Å². The van der Waals surface area contributed by atoms with E-state index in [4.69, 9.17) is 0 Å². The van der Waals surface area contributed by atoms with E-state index in [9.17, 15) is 9.18 Å². The minimum absolute atomic E-state index is 0.133. The summed E-state index contributed by atoms with van der Waals surface area (Å²) in [4.78, 5) is 16.4. The van der Waals surface area contributed by atoms with Crippen LogP contribution < -0.4 is 5.32 Å². The lowest BCUT2D eigenvalue weighted by atomic mass is 9.95. The number of amides is 1. The molecule has 4 heteroatoms. The molecule has 1 N–H and O–H groups in total. The number of rotatable bonds is 2. The van der Waals surface area contributed by atoms with Crippen LogP contribution in [0.3, 0.4) is 0 Å². The van der Waals surface area contributed by atoms with Crippen molar-refractivity contribution in [3.05, 3.63) is 65.2 Å². The van der Waals surface area contributed by atoms with E-state index in [1.807, 2.05) is 0 Å². The SMILES string of the molecule is O=C(NC1CCCCC1)c1ccc(C#Cc2cccc(F)c2)cn1. The fourth-order valence-corrected chi connectivity index (χ4v) is 2.82. The standard InChI is InChI=1S/C20H19FN2O/c21-17-6-4-5-15(13-17)9-10-16-11-12-19(22-14-16)20(24)23-18-7-2-1-3-8-18/h4-6,11-14,18H,1-3,7-8H2,(H,23,24). The Morgan fingerprint density at radius 2 is 1.88 bits per heavy atom. The molecule has 3 rings (SSSR count). The first-order valence-electron chi connectivity index (χ1n) is 8.25. The van der Waals surface area contributed by atoms with E-state index in [1.54, 1.807) is 30.5 Å². The van der Waals surface area contributed by atoms with Crippen LogP contribution in [0.15, 0.2) is 42.6 Å². The number of nitrogens with one attached hydrogen (secondary N) is 1. The number of carbonyl (C=O) groups is 1. The summed E-state index contributed by atoms with van der Waals surface area (Å²) in [6.07, 6.45) is 7.26. The minimum Gasteiger partial charge on any atom is -0.348 e. The zero-order valence-corrected chi connectivity index (χ0v) is 13.4. The molecule has 1 fully saturated rings. The Bertz CT molecular complexity index is 768. The monoisotopic (exact) mass is 322 g/mol. The quantitative estimate of drug-likeness (QED) is 0.857. The maximum absolute atomic E-state index is 13.1. The van der Waals surface area contributed by atoms with Crippen LogP contribution in [0, 0.1) is 17.7 Å². The van der Waals surface area contributed by atoms with Gasteiger partial charge in [-0.15, -0.1) is 0 Å². The maximum atomic E-state index is 13.1. The van der Waals surface area contributed by atoms with Crippen LogP contribution in [-0.4, -0.2) is 16.9 Å². The van der Waals surface area contributed by atoms with Gasteiger partial charge in [-0.05, 0) is 43.2 Å². The normalized spacial score (nSPS) is 14.5. The molecule has 0 unspecified atom stereocenters. The number of nitrogens with zero attached hydrogens (tertiary/aromatic N) is 1. The van der Waals surface area contributed by atoms with E-state index in [0.717, 1.165) is 12.8 Å². The number of halogens is 1. The van der Waals surface area contributed by atoms with Gasteiger partial charge >= 0.3 is 0 Å². The van der Waals surface area contributed by atoms with Gasteiger partial charge in [0, 0.05) is 23.4 Å². The molecule has 2 aromatic rings. The fraction of sp³-hybridized carbons (Fsp3) is 0.300. The average Bonchev–Trinajstić information content (AvgIpc) is 2.61. The van der Waals surface area contributed by atoms with Crippen molar-refractivity contribution in [3.8, 4) is 11.8 Å². The van der Waals surface area contributed by atoms with Gasteiger partial charge in [0.2, 0.25) is 0 Å². The van der Waals surface area contributed by atoms with Crippen molar-refractivity contribution in [2.24, 2.45) is 0 Å².